The van der Waals surface area contributed by atoms with Crippen LogP contribution in [0.5, 0.6) is 0 Å². The Bertz CT molecular complexity index is 1040. The Labute approximate surface area is 196 Å². The number of benzene rings is 2. The molecule has 3 rings (SSSR count). The molecule has 0 aromatic heterocycles. The average Bonchev–Trinajstić information content (AvgIpc) is 2.78. The molecule has 6 nitrogen and oxygen atoms in total. The predicted octanol–water partition coefficient (Wildman–Crippen LogP) is 4.13. The third-order valence-corrected chi connectivity index (χ3v) is 5.82. The van der Waals surface area contributed by atoms with Crippen LogP contribution in [0, 0.1) is 0 Å². The molecule has 9 heteroatoms. The minimum absolute atomic E-state index is 0.0589. The van der Waals surface area contributed by atoms with Crippen molar-refractivity contribution in [2.24, 2.45) is 0 Å². The van der Waals surface area contributed by atoms with Crippen LogP contribution in [0.4, 0.5) is 13.2 Å². The molecule has 0 bridgehead atoms. The molecular formula is C25H27F3N2O4. The van der Waals surface area contributed by atoms with Crippen LogP contribution in [0.3, 0.4) is 0 Å². The SMILES string of the molecule is CCOC(=O)CN(Cc1ccc(C(F)(F)F)cc1)C(=O)CC1c2ccccc2CCN1C(C)=O. The first-order valence-corrected chi connectivity index (χ1v) is 11.0. The standard InChI is InChI=1S/C25H27F3N2O4/c1-3-34-24(33)16-29(15-18-8-10-20(11-9-18)25(26,27)28)23(32)14-22-21-7-5-4-6-19(21)12-13-30(22)17(2)31/h4-11,22H,3,12-16H2,1-2H3. The molecule has 1 aliphatic rings. The van der Waals surface area contributed by atoms with Gasteiger partial charge in [0, 0.05) is 20.0 Å². The Hall–Kier alpha value is -3.36. The molecular weight excluding hydrogens is 449 g/mol. The molecule has 0 N–H and O–H groups in total. The van der Waals surface area contributed by atoms with Gasteiger partial charge in [0.15, 0.2) is 0 Å². The molecule has 0 spiro atoms. The van der Waals surface area contributed by atoms with Gasteiger partial charge in [0.1, 0.15) is 6.54 Å². The van der Waals surface area contributed by atoms with Crippen LogP contribution < -0.4 is 0 Å². The fraction of sp³-hybridized carbons (Fsp3) is 0.400. The maximum atomic E-state index is 13.4. The Morgan fingerprint density at radius 2 is 1.76 bits per heavy atom. The maximum absolute atomic E-state index is 13.4. The highest BCUT2D eigenvalue weighted by molar-refractivity contribution is 5.83. The Balaban J connectivity index is 1.84. The van der Waals surface area contributed by atoms with Crippen LogP contribution in [-0.2, 0) is 38.3 Å². The monoisotopic (exact) mass is 476 g/mol. The third-order valence-electron chi connectivity index (χ3n) is 5.82. The number of nitrogens with zero attached hydrogens (tertiary/aromatic N) is 2. The topological polar surface area (TPSA) is 66.9 Å². The minimum Gasteiger partial charge on any atom is -0.465 e. The number of halogens is 3. The molecule has 1 unspecified atom stereocenters. The van der Waals surface area contributed by atoms with Crippen molar-refractivity contribution in [1.29, 1.82) is 0 Å². The van der Waals surface area contributed by atoms with Gasteiger partial charge in [0.05, 0.1) is 24.6 Å². The number of hydrogen-bond donors (Lipinski definition) is 0. The molecule has 0 saturated carbocycles. The van der Waals surface area contributed by atoms with Gasteiger partial charge >= 0.3 is 12.1 Å². The van der Waals surface area contributed by atoms with E-state index in [9.17, 15) is 27.6 Å². The number of amides is 2. The number of rotatable bonds is 7. The zero-order valence-electron chi connectivity index (χ0n) is 19.1. The summed E-state index contributed by atoms with van der Waals surface area (Å²) >= 11 is 0. The zero-order chi connectivity index (χ0) is 24.9. The number of hydrogen-bond acceptors (Lipinski definition) is 4. The molecule has 1 atom stereocenters. The first-order valence-electron chi connectivity index (χ1n) is 11.0. The fourth-order valence-corrected chi connectivity index (χ4v) is 4.16. The highest BCUT2D eigenvalue weighted by atomic mass is 19.4. The summed E-state index contributed by atoms with van der Waals surface area (Å²) in [6.45, 7) is 3.29. The lowest BCUT2D eigenvalue weighted by Gasteiger charge is -2.37. The molecule has 0 aliphatic carbocycles. The van der Waals surface area contributed by atoms with Gasteiger partial charge in [-0.05, 0) is 42.2 Å². The van der Waals surface area contributed by atoms with Crippen LogP contribution in [-0.4, -0.2) is 47.3 Å². The molecule has 0 fully saturated rings. The Kier molecular flexibility index (Phi) is 7.96. The highest BCUT2D eigenvalue weighted by Crippen LogP contribution is 2.33. The van der Waals surface area contributed by atoms with Gasteiger partial charge in [0.2, 0.25) is 11.8 Å². The molecule has 0 radical (unpaired) electrons. The number of fused-ring (bicyclic) bond motifs is 1. The van der Waals surface area contributed by atoms with E-state index in [-0.39, 0.29) is 32.0 Å². The van der Waals surface area contributed by atoms with E-state index in [0.29, 0.717) is 18.5 Å². The van der Waals surface area contributed by atoms with Crippen LogP contribution in [0.2, 0.25) is 0 Å². The van der Waals surface area contributed by atoms with E-state index in [0.717, 1.165) is 23.3 Å². The largest absolute Gasteiger partial charge is 0.465 e. The maximum Gasteiger partial charge on any atom is 0.416 e. The lowest BCUT2D eigenvalue weighted by atomic mass is 9.90. The summed E-state index contributed by atoms with van der Waals surface area (Å²) in [5.41, 5.74) is 1.58. The van der Waals surface area contributed by atoms with Crippen molar-refractivity contribution in [3.63, 3.8) is 0 Å². The normalized spacial score (nSPS) is 15.4. The van der Waals surface area contributed by atoms with Gasteiger partial charge < -0.3 is 14.5 Å². The van der Waals surface area contributed by atoms with E-state index in [2.05, 4.69) is 0 Å². The second kappa shape index (κ2) is 10.7. The summed E-state index contributed by atoms with van der Waals surface area (Å²) in [4.78, 5) is 40.7. The summed E-state index contributed by atoms with van der Waals surface area (Å²) in [5, 5.41) is 0. The molecule has 182 valence electrons. The van der Waals surface area contributed by atoms with E-state index >= 15 is 0 Å². The number of carbonyl (C=O) groups excluding carboxylic acids is 3. The van der Waals surface area contributed by atoms with E-state index in [4.69, 9.17) is 4.74 Å². The van der Waals surface area contributed by atoms with E-state index in [1.165, 1.54) is 24.0 Å². The summed E-state index contributed by atoms with van der Waals surface area (Å²) in [5.74, 6) is -1.18. The van der Waals surface area contributed by atoms with Crippen LogP contribution in [0.15, 0.2) is 48.5 Å². The van der Waals surface area contributed by atoms with Crippen LogP contribution in [0.25, 0.3) is 0 Å². The van der Waals surface area contributed by atoms with Crippen molar-refractivity contribution < 1.29 is 32.3 Å². The van der Waals surface area contributed by atoms with Crippen LogP contribution >= 0.6 is 0 Å². The molecule has 1 aliphatic heterocycles. The van der Waals surface area contributed by atoms with Gasteiger partial charge in [-0.25, -0.2) is 0 Å². The van der Waals surface area contributed by atoms with Gasteiger partial charge in [-0.1, -0.05) is 36.4 Å². The van der Waals surface area contributed by atoms with Crippen molar-refractivity contribution in [3.05, 3.63) is 70.8 Å². The number of alkyl halides is 3. The Morgan fingerprint density at radius 1 is 1.09 bits per heavy atom. The fourth-order valence-electron chi connectivity index (χ4n) is 4.16. The first-order chi connectivity index (χ1) is 16.1. The predicted molar refractivity (Wildman–Crippen MR) is 118 cm³/mol. The van der Waals surface area contributed by atoms with Crippen molar-refractivity contribution in [2.75, 3.05) is 19.7 Å². The summed E-state index contributed by atoms with van der Waals surface area (Å²) < 4.78 is 43.7. The Morgan fingerprint density at radius 3 is 2.38 bits per heavy atom. The van der Waals surface area contributed by atoms with E-state index < -0.39 is 29.7 Å². The van der Waals surface area contributed by atoms with Crippen molar-refractivity contribution in [1.82, 2.24) is 9.80 Å². The number of esters is 1. The molecule has 1 heterocycles. The quantitative estimate of drug-likeness (QED) is 0.564. The summed E-state index contributed by atoms with van der Waals surface area (Å²) in [6.07, 6.45) is -3.85. The summed E-state index contributed by atoms with van der Waals surface area (Å²) in [6, 6.07) is 11.5. The molecule has 34 heavy (non-hydrogen) atoms. The second-order valence-electron chi connectivity index (χ2n) is 8.13. The van der Waals surface area contributed by atoms with Gasteiger partial charge in [-0.2, -0.15) is 13.2 Å². The zero-order valence-corrected chi connectivity index (χ0v) is 19.1. The number of carbonyl (C=O) groups is 3. The smallest absolute Gasteiger partial charge is 0.416 e. The minimum atomic E-state index is -4.47. The van der Waals surface area contributed by atoms with Gasteiger partial charge in [-0.3, -0.25) is 14.4 Å². The van der Waals surface area contributed by atoms with E-state index in [1.807, 2.05) is 24.3 Å². The van der Waals surface area contributed by atoms with Crippen molar-refractivity contribution in [3.8, 4) is 0 Å². The number of ether oxygens (including phenoxy) is 1. The van der Waals surface area contributed by atoms with Crippen molar-refractivity contribution >= 4 is 17.8 Å². The van der Waals surface area contributed by atoms with Gasteiger partial charge in [-0.15, -0.1) is 0 Å². The van der Waals surface area contributed by atoms with Gasteiger partial charge in [0.25, 0.3) is 0 Å². The van der Waals surface area contributed by atoms with Crippen LogP contribution in [0.1, 0.15) is 48.6 Å². The lowest BCUT2D eigenvalue weighted by molar-refractivity contribution is -0.150. The van der Waals surface area contributed by atoms with Crippen molar-refractivity contribution in [2.45, 2.75) is 45.5 Å². The lowest BCUT2D eigenvalue weighted by Crippen LogP contribution is -2.43. The molecule has 0 saturated heterocycles. The first kappa shape index (κ1) is 25.3. The molecule has 2 aromatic rings. The highest BCUT2D eigenvalue weighted by Gasteiger charge is 2.33. The molecule has 2 aromatic carbocycles. The second-order valence-corrected chi connectivity index (χ2v) is 8.13. The third kappa shape index (κ3) is 6.15. The van der Waals surface area contributed by atoms with E-state index in [1.54, 1.807) is 11.8 Å². The summed E-state index contributed by atoms with van der Waals surface area (Å²) in [7, 11) is 0. The molecule has 2 amide bonds. The average molecular weight is 476 g/mol.